The van der Waals surface area contributed by atoms with Crippen LogP contribution in [0.2, 0.25) is 0 Å². The Hall–Kier alpha value is -1.29. The van der Waals surface area contributed by atoms with Crippen LogP contribution in [0.4, 0.5) is 0 Å². The molecule has 1 spiro atoms. The molecule has 0 aromatic heterocycles. The highest BCUT2D eigenvalue weighted by atomic mass is 35.5. The predicted molar refractivity (Wildman–Crippen MR) is 64.6 cm³/mol. The Labute approximate surface area is 99.0 Å². The van der Waals surface area contributed by atoms with E-state index in [2.05, 4.69) is 15.6 Å². The molecule has 0 amide bonds. The summed E-state index contributed by atoms with van der Waals surface area (Å²) in [7, 11) is 0. The Balaban J connectivity index is 1.92. The Morgan fingerprint density at radius 1 is 1.50 bits per heavy atom. The molecule has 1 fully saturated rings. The van der Waals surface area contributed by atoms with Crippen LogP contribution in [0.1, 0.15) is 19.3 Å². The first-order valence-corrected chi connectivity index (χ1v) is 5.83. The fourth-order valence-corrected chi connectivity index (χ4v) is 2.49. The summed E-state index contributed by atoms with van der Waals surface area (Å²) < 4.78 is 0. The zero-order valence-corrected chi connectivity index (χ0v) is 9.56. The highest BCUT2D eigenvalue weighted by Gasteiger charge is 2.49. The molecule has 0 atom stereocenters. The van der Waals surface area contributed by atoms with Crippen molar-refractivity contribution in [3.8, 4) is 0 Å². The molecule has 2 aliphatic heterocycles. The van der Waals surface area contributed by atoms with E-state index in [1.165, 1.54) is 31.0 Å². The summed E-state index contributed by atoms with van der Waals surface area (Å²) >= 11 is 5.53. The van der Waals surface area contributed by atoms with Gasteiger partial charge in [-0.3, -0.25) is 5.41 Å². The van der Waals surface area contributed by atoms with Gasteiger partial charge in [0.05, 0.1) is 11.9 Å². The first-order chi connectivity index (χ1) is 7.70. The second-order valence-electron chi connectivity index (χ2n) is 4.51. The van der Waals surface area contributed by atoms with Crippen molar-refractivity contribution in [2.24, 2.45) is 10.4 Å². The molecule has 0 aromatic rings. The Bertz CT molecular complexity index is 443. The van der Waals surface area contributed by atoms with E-state index in [4.69, 9.17) is 17.0 Å². The average molecular weight is 237 g/mol. The van der Waals surface area contributed by atoms with Crippen molar-refractivity contribution in [1.82, 2.24) is 10.6 Å². The van der Waals surface area contributed by atoms with E-state index in [-0.39, 0.29) is 5.17 Å². The molecule has 3 aliphatic rings. The number of rotatable bonds is 1. The van der Waals surface area contributed by atoms with Gasteiger partial charge in [0.15, 0.2) is 0 Å². The fourth-order valence-electron chi connectivity index (χ4n) is 2.38. The van der Waals surface area contributed by atoms with Crippen LogP contribution in [0.3, 0.4) is 0 Å². The zero-order chi connectivity index (χ0) is 11.2. The molecule has 3 rings (SSSR count). The van der Waals surface area contributed by atoms with E-state index in [1.807, 2.05) is 6.21 Å². The van der Waals surface area contributed by atoms with Gasteiger partial charge >= 0.3 is 0 Å². The third kappa shape index (κ3) is 1.53. The first kappa shape index (κ1) is 9.90. The molecule has 5 heteroatoms. The van der Waals surface area contributed by atoms with Crippen molar-refractivity contribution in [2.45, 2.75) is 19.3 Å². The SMILES string of the molecule is N=C(Cl)/C=C1/N=CC2=C(N1)C1(CCN2)CC1. The van der Waals surface area contributed by atoms with Crippen molar-refractivity contribution < 1.29 is 0 Å². The maximum Gasteiger partial charge on any atom is 0.133 e. The van der Waals surface area contributed by atoms with Gasteiger partial charge in [-0.05, 0) is 19.3 Å². The molecule has 16 heavy (non-hydrogen) atoms. The quantitative estimate of drug-likeness (QED) is 0.607. The normalized spacial score (nSPS) is 27.4. The van der Waals surface area contributed by atoms with Crippen molar-refractivity contribution in [3.05, 3.63) is 23.3 Å². The van der Waals surface area contributed by atoms with E-state index < -0.39 is 0 Å². The summed E-state index contributed by atoms with van der Waals surface area (Å²) in [5, 5.41) is 13.9. The number of aliphatic imine (C=N–C) groups is 1. The predicted octanol–water partition coefficient (Wildman–Crippen LogP) is 1.70. The van der Waals surface area contributed by atoms with Gasteiger partial charge in [-0.1, -0.05) is 11.6 Å². The van der Waals surface area contributed by atoms with E-state index in [0.717, 1.165) is 12.2 Å². The lowest BCUT2D eigenvalue weighted by molar-refractivity contribution is 0.464. The fraction of sp³-hybridized carbons (Fsp3) is 0.455. The molecule has 0 saturated heterocycles. The minimum Gasteiger partial charge on any atom is -0.382 e. The molecule has 2 heterocycles. The lowest BCUT2D eigenvalue weighted by atomic mass is 9.92. The lowest BCUT2D eigenvalue weighted by Crippen LogP contribution is -2.37. The molecule has 1 aliphatic carbocycles. The molecular weight excluding hydrogens is 224 g/mol. The summed E-state index contributed by atoms with van der Waals surface area (Å²) in [5.41, 5.74) is 2.68. The molecule has 0 bridgehead atoms. The molecule has 1 saturated carbocycles. The van der Waals surface area contributed by atoms with Gasteiger partial charge in [0.2, 0.25) is 0 Å². The maximum absolute atomic E-state index is 7.22. The second-order valence-corrected chi connectivity index (χ2v) is 4.91. The van der Waals surface area contributed by atoms with Crippen molar-refractivity contribution >= 4 is 23.0 Å². The maximum atomic E-state index is 7.22. The standard InChI is InChI=1S/C11H13ClN4/c12-8(13)5-9-15-6-7-10(16-9)11(1-2-11)3-4-14-7/h5-6,13-14,16H,1-4H2/b9-5-,13-8?. The molecule has 0 aromatic carbocycles. The topological polar surface area (TPSA) is 60.3 Å². The Morgan fingerprint density at radius 3 is 3.00 bits per heavy atom. The number of allylic oxidation sites excluding steroid dienone is 3. The minimum atomic E-state index is -0.00249. The van der Waals surface area contributed by atoms with Crippen molar-refractivity contribution in [2.75, 3.05) is 6.54 Å². The molecular formula is C11H13ClN4. The molecule has 0 unspecified atom stereocenters. The van der Waals surface area contributed by atoms with Gasteiger partial charge in [0.25, 0.3) is 0 Å². The number of nitrogens with zero attached hydrogens (tertiary/aromatic N) is 1. The largest absolute Gasteiger partial charge is 0.382 e. The van der Waals surface area contributed by atoms with Crippen LogP contribution in [-0.2, 0) is 0 Å². The third-order valence-electron chi connectivity index (χ3n) is 3.42. The molecule has 4 nitrogen and oxygen atoms in total. The monoisotopic (exact) mass is 236 g/mol. The molecule has 0 radical (unpaired) electrons. The number of halogens is 1. The highest BCUT2D eigenvalue weighted by Crippen LogP contribution is 2.55. The van der Waals surface area contributed by atoms with Gasteiger partial charge in [0.1, 0.15) is 11.0 Å². The first-order valence-electron chi connectivity index (χ1n) is 5.45. The van der Waals surface area contributed by atoms with E-state index in [9.17, 15) is 0 Å². The zero-order valence-electron chi connectivity index (χ0n) is 8.81. The number of hydrogen-bond acceptors (Lipinski definition) is 4. The van der Waals surface area contributed by atoms with E-state index in [1.54, 1.807) is 0 Å². The molecule has 3 N–H and O–H groups in total. The van der Waals surface area contributed by atoms with Crippen LogP contribution in [-0.4, -0.2) is 17.9 Å². The number of nitrogens with one attached hydrogen (secondary N) is 3. The van der Waals surface area contributed by atoms with Gasteiger partial charge in [-0.15, -0.1) is 0 Å². The van der Waals surface area contributed by atoms with Crippen molar-refractivity contribution in [1.29, 1.82) is 5.41 Å². The second kappa shape index (κ2) is 3.35. The average Bonchev–Trinajstić information content (AvgIpc) is 3.00. The van der Waals surface area contributed by atoms with Crippen LogP contribution in [0, 0.1) is 10.8 Å². The number of hydrogen-bond donors (Lipinski definition) is 3. The summed E-state index contributed by atoms with van der Waals surface area (Å²) in [4.78, 5) is 4.23. The summed E-state index contributed by atoms with van der Waals surface area (Å²) in [5.74, 6) is 0.661. The Morgan fingerprint density at radius 2 is 2.31 bits per heavy atom. The van der Waals surface area contributed by atoms with Crippen LogP contribution in [0.5, 0.6) is 0 Å². The van der Waals surface area contributed by atoms with Crippen LogP contribution in [0.15, 0.2) is 28.3 Å². The molecule has 84 valence electrons. The Kier molecular flexibility index (Phi) is 2.07. The van der Waals surface area contributed by atoms with E-state index in [0.29, 0.717) is 11.2 Å². The van der Waals surface area contributed by atoms with Crippen molar-refractivity contribution in [3.63, 3.8) is 0 Å². The summed E-state index contributed by atoms with van der Waals surface area (Å²) in [6.07, 6.45) is 7.04. The lowest BCUT2D eigenvalue weighted by Gasteiger charge is -2.31. The smallest absolute Gasteiger partial charge is 0.133 e. The van der Waals surface area contributed by atoms with Gasteiger partial charge < -0.3 is 10.6 Å². The van der Waals surface area contributed by atoms with Gasteiger partial charge in [-0.2, -0.15) is 0 Å². The number of fused-ring (bicyclic) bond motifs is 1. The third-order valence-corrected chi connectivity index (χ3v) is 3.53. The van der Waals surface area contributed by atoms with Crippen LogP contribution >= 0.6 is 11.6 Å². The van der Waals surface area contributed by atoms with Crippen LogP contribution < -0.4 is 10.6 Å². The van der Waals surface area contributed by atoms with Gasteiger partial charge in [-0.25, -0.2) is 4.99 Å². The minimum absolute atomic E-state index is 0.00249. The summed E-state index contributed by atoms with van der Waals surface area (Å²) in [6, 6.07) is 0. The highest BCUT2D eigenvalue weighted by molar-refractivity contribution is 6.67. The van der Waals surface area contributed by atoms with Gasteiger partial charge in [0, 0.05) is 23.7 Å². The van der Waals surface area contributed by atoms with E-state index >= 15 is 0 Å². The van der Waals surface area contributed by atoms with Crippen LogP contribution in [0.25, 0.3) is 0 Å². The summed E-state index contributed by atoms with van der Waals surface area (Å²) in [6.45, 7) is 1.02.